The van der Waals surface area contributed by atoms with Crippen molar-refractivity contribution in [3.8, 4) is 0 Å². The Morgan fingerprint density at radius 2 is 1.96 bits per heavy atom. The van der Waals surface area contributed by atoms with E-state index in [1.165, 1.54) is 0 Å². The lowest BCUT2D eigenvalue weighted by Gasteiger charge is -2.28. The van der Waals surface area contributed by atoms with Crippen LogP contribution in [0.2, 0.25) is 0 Å². The van der Waals surface area contributed by atoms with Crippen molar-refractivity contribution >= 4 is 11.6 Å². The van der Waals surface area contributed by atoms with Gasteiger partial charge in [-0.05, 0) is 19.1 Å². The first kappa shape index (κ1) is 14.8. The van der Waals surface area contributed by atoms with Crippen LogP contribution in [0.5, 0.6) is 0 Å². The number of hydrogen-bond donors (Lipinski definition) is 0. The average molecular weight is 325 g/mol. The van der Waals surface area contributed by atoms with Gasteiger partial charge in [0.15, 0.2) is 11.5 Å². The van der Waals surface area contributed by atoms with Crippen LogP contribution in [0.1, 0.15) is 47.6 Å². The fourth-order valence-corrected chi connectivity index (χ4v) is 3.10. The number of aromatic nitrogens is 6. The van der Waals surface area contributed by atoms with Crippen LogP contribution in [-0.2, 0) is 13.1 Å². The highest BCUT2D eigenvalue weighted by molar-refractivity contribution is 5.94. The quantitative estimate of drug-likeness (QED) is 0.711. The summed E-state index contributed by atoms with van der Waals surface area (Å²) in [7, 11) is 0. The molecule has 0 radical (unpaired) electrons. The Labute approximate surface area is 139 Å². The first-order valence-electron chi connectivity index (χ1n) is 8.07. The Kier molecular flexibility index (Phi) is 3.33. The maximum Gasteiger partial charge on any atom is 0.255 e. The highest BCUT2D eigenvalue weighted by Crippen LogP contribution is 2.20. The molecule has 0 atom stereocenters. The van der Waals surface area contributed by atoms with E-state index in [2.05, 4.69) is 38.8 Å². The molecule has 4 rings (SSSR count). The van der Waals surface area contributed by atoms with Crippen molar-refractivity contribution in [3.63, 3.8) is 0 Å². The molecule has 0 N–H and O–H groups in total. The second-order valence-electron chi connectivity index (χ2n) is 6.40. The van der Waals surface area contributed by atoms with E-state index >= 15 is 0 Å². The number of nitrogens with zero attached hydrogens (tertiary/aromatic N) is 7. The smallest absolute Gasteiger partial charge is 0.255 e. The van der Waals surface area contributed by atoms with Gasteiger partial charge in [0, 0.05) is 25.2 Å². The van der Waals surface area contributed by atoms with Crippen LogP contribution in [0.25, 0.3) is 5.65 Å². The molecule has 8 nitrogen and oxygen atoms in total. The van der Waals surface area contributed by atoms with Crippen LogP contribution in [0.15, 0.2) is 18.3 Å². The van der Waals surface area contributed by atoms with Gasteiger partial charge in [0.25, 0.3) is 5.91 Å². The molecule has 1 amide bonds. The zero-order valence-corrected chi connectivity index (χ0v) is 14.0. The van der Waals surface area contributed by atoms with E-state index in [0.717, 1.165) is 29.7 Å². The Morgan fingerprint density at radius 1 is 1.12 bits per heavy atom. The van der Waals surface area contributed by atoms with Crippen LogP contribution in [0.3, 0.4) is 0 Å². The summed E-state index contributed by atoms with van der Waals surface area (Å²) >= 11 is 0. The third-order valence-corrected chi connectivity index (χ3v) is 4.41. The predicted octanol–water partition coefficient (Wildman–Crippen LogP) is 1.41. The second-order valence-corrected chi connectivity index (χ2v) is 6.40. The van der Waals surface area contributed by atoms with Crippen molar-refractivity contribution in [2.24, 2.45) is 0 Å². The molecule has 3 aromatic heterocycles. The fourth-order valence-electron chi connectivity index (χ4n) is 3.10. The highest BCUT2D eigenvalue weighted by atomic mass is 16.2. The van der Waals surface area contributed by atoms with Gasteiger partial charge in [0.1, 0.15) is 11.6 Å². The van der Waals surface area contributed by atoms with Crippen molar-refractivity contribution in [3.05, 3.63) is 41.4 Å². The molecule has 0 saturated heterocycles. The minimum atomic E-state index is -0.00894. The summed E-state index contributed by atoms with van der Waals surface area (Å²) < 4.78 is 3.96. The maximum absolute atomic E-state index is 12.8. The van der Waals surface area contributed by atoms with Crippen molar-refractivity contribution < 1.29 is 4.79 Å². The molecule has 0 unspecified atom stereocenters. The SMILES string of the molecule is Cc1nnc2ccc(C(=O)N3CCn4c(nnc4C(C)C)C3)cn12. The molecule has 8 heteroatoms. The Balaban J connectivity index is 1.61. The van der Waals surface area contributed by atoms with E-state index in [9.17, 15) is 4.79 Å². The number of amides is 1. The maximum atomic E-state index is 12.8. The second kappa shape index (κ2) is 5.40. The summed E-state index contributed by atoms with van der Waals surface area (Å²) in [5.74, 6) is 2.91. The molecule has 0 spiro atoms. The number of pyridine rings is 1. The zero-order valence-electron chi connectivity index (χ0n) is 14.0. The van der Waals surface area contributed by atoms with Gasteiger partial charge in [-0.25, -0.2) is 0 Å². The first-order chi connectivity index (χ1) is 11.5. The fraction of sp³-hybridized carbons (Fsp3) is 0.438. The van der Waals surface area contributed by atoms with Gasteiger partial charge < -0.3 is 9.47 Å². The van der Waals surface area contributed by atoms with Gasteiger partial charge in [-0.3, -0.25) is 9.20 Å². The minimum Gasteiger partial charge on any atom is -0.329 e. The van der Waals surface area contributed by atoms with Crippen molar-refractivity contribution in [1.82, 2.24) is 34.3 Å². The molecule has 124 valence electrons. The molecule has 0 saturated carbocycles. The van der Waals surface area contributed by atoms with Gasteiger partial charge >= 0.3 is 0 Å². The number of aryl methyl sites for hydroxylation is 1. The van der Waals surface area contributed by atoms with E-state index in [-0.39, 0.29) is 5.91 Å². The van der Waals surface area contributed by atoms with E-state index < -0.39 is 0 Å². The lowest BCUT2D eigenvalue weighted by atomic mass is 10.2. The lowest BCUT2D eigenvalue weighted by Crippen LogP contribution is -2.39. The third-order valence-electron chi connectivity index (χ3n) is 4.41. The summed E-state index contributed by atoms with van der Waals surface area (Å²) in [6.07, 6.45) is 1.80. The standard InChI is InChI=1S/C16H19N7O/c1-10(2)15-20-19-14-9-21(6-7-22(14)15)16(24)12-4-5-13-18-17-11(3)23(13)8-12/h4-5,8,10H,6-7,9H2,1-3H3. The summed E-state index contributed by atoms with van der Waals surface area (Å²) in [5.41, 5.74) is 1.37. The van der Waals surface area contributed by atoms with Crippen LogP contribution in [0.4, 0.5) is 0 Å². The molecule has 0 bridgehead atoms. The lowest BCUT2D eigenvalue weighted by molar-refractivity contribution is 0.0705. The Bertz CT molecular complexity index is 924. The molecule has 3 aromatic rings. The Hall–Kier alpha value is -2.77. The average Bonchev–Trinajstić information content (AvgIpc) is 3.17. The summed E-state index contributed by atoms with van der Waals surface area (Å²) in [5, 5.41) is 16.6. The summed E-state index contributed by atoms with van der Waals surface area (Å²) in [6.45, 7) is 7.94. The van der Waals surface area contributed by atoms with Crippen molar-refractivity contribution in [1.29, 1.82) is 0 Å². The molecule has 1 aliphatic rings. The first-order valence-corrected chi connectivity index (χ1v) is 8.07. The topological polar surface area (TPSA) is 81.2 Å². The van der Waals surface area contributed by atoms with Crippen molar-refractivity contribution in [2.45, 2.75) is 39.8 Å². The zero-order chi connectivity index (χ0) is 16.8. The molecular weight excluding hydrogens is 306 g/mol. The normalized spacial score (nSPS) is 14.4. The van der Waals surface area contributed by atoms with Gasteiger partial charge in [-0.2, -0.15) is 0 Å². The minimum absolute atomic E-state index is 0.00894. The molecule has 0 fully saturated rings. The molecule has 24 heavy (non-hydrogen) atoms. The molecule has 4 heterocycles. The number of carbonyl (C=O) groups is 1. The van der Waals surface area contributed by atoms with Crippen LogP contribution in [-0.4, -0.2) is 46.7 Å². The van der Waals surface area contributed by atoms with Crippen LogP contribution < -0.4 is 0 Å². The largest absolute Gasteiger partial charge is 0.329 e. The molecular formula is C16H19N7O. The number of hydrogen-bond acceptors (Lipinski definition) is 5. The van der Waals surface area contributed by atoms with E-state index in [4.69, 9.17) is 0 Å². The van der Waals surface area contributed by atoms with E-state index in [0.29, 0.717) is 24.6 Å². The highest BCUT2D eigenvalue weighted by Gasteiger charge is 2.26. The number of fused-ring (bicyclic) bond motifs is 2. The van der Waals surface area contributed by atoms with Gasteiger partial charge in [0.2, 0.25) is 0 Å². The summed E-state index contributed by atoms with van der Waals surface area (Å²) in [4.78, 5) is 14.7. The van der Waals surface area contributed by atoms with Gasteiger partial charge in [0.05, 0.1) is 12.1 Å². The summed E-state index contributed by atoms with van der Waals surface area (Å²) in [6, 6.07) is 3.61. The molecule has 0 aromatic carbocycles. The van der Waals surface area contributed by atoms with Gasteiger partial charge in [-0.15, -0.1) is 20.4 Å². The molecule has 0 aliphatic carbocycles. The number of carbonyl (C=O) groups excluding carboxylic acids is 1. The Morgan fingerprint density at radius 3 is 2.75 bits per heavy atom. The monoisotopic (exact) mass is 325 g/mol. The van der Waals surface area contributed by atoms with Crippen molar-refractivity contribution in [2.75, 3.05) is 6.54 Å². The number of rotatable bonds is 2. The van der Waals surface area contributed by atoms with Gasteiger partial charge in [-0.1, -0.05) is 13.8 Å². The molecule has 1 aliphatic heterocycles. The predicted molar refractivity (Wildman–Crippen MR) is 86.6 cm³/mol. The van der Waals surface area contributed by atoms with Crippen LogP contribution >= 0.6 is 0 Å². The van der Waals surface area contributed by atoms with Crippen LogP contribution in [0, 0.1) is 6.92 Å². The van der Waals surface area contributed by atoms with E-state index in [1.807, 2.05) is 22.3 Å². The van der Waals surface area contributed by atoms with E-state index in [1.54, 1.807) is 12.3 Å². The third kappa shape index (κ3) is 2.26.